The molecule has 3 heterocycles. The van der Waals surface area contributed by atoms with E-state index in [1.165, 1.54) is 28.0 Å². The third-order valence-corrected chi connectivity index (χ3v) is 8.68. The van der Waals surface area contributed by atoms with Gasteiger partial charge in [-0.25, -0.2) is 15.0 Å². The molecule has 0 atom stereocenters. The van der Waals surface area contributed by atoms with Crippen LogP contribution in [0.3, 0.4) is 0 Å². The van der Waals surface area contributed by atoms with E-state index in [9.17, 15) is 4.57 Å². The molecule has 0 fully saturated rings. The number of imidazole rings is 1. The predicted molar refractivity (Wildman–Crippen MR) is 154 cm³/mol. The second-order valence-corrected chi connectivity index (χ2v) is 13.9. The van der Waals surface area contributed by atoms with Gasteiger partial charge in [0.15, 0.2) is 22.8 Å². The maximum Gasteiger partial charge on any atom is 0.174 e. The summed E-state index contributed by atoms with van der Waals surface area (Å²) in [5.41, 5.74) is 5.72. The number of nitrogens with zero attached hydrogens (tertiary/aromatic N) is 4. The van der Waals surface area contributed by atoms with Gasteiger partial charge in [-0.1, -0.05) is 29.8 Å². The third kappa shape index (κ3) is 5.00. The van der Waals surface area contributed by atoms with Gasteiger partial charge in [0.05, 0.1) is 9.21 Å². The molecule has 182 valence electrons. The normalized spacial score (nSPS) is 12.0. The molecule has 0 bridgehead atoms. The molecule has 36 heavy (non-hydrogen) atoms. The molecule has 0 aliphatic heterocycles. The van der Waals surface area contributed by atoms with Crippen LogP contribution in [0, 0.1) is 13.8 Å². The number of hydrogen-bond acceptors (Lipinski definition) is 6. The Bertz CT molecular complexity index is 1630. The van der Waals surface area contributed by atoms with Gasteiger partial charge < -0.3 is 9.88 Å². The minimum absolute atomic E-state index is 0.562. The lowest BCUT2D eigenvalue weighted by Gasteiger charge is -2.11. The van der Waals surface area contributed by atoms with E-state index >= 15 is 0 Å². The first-order chi connectivity index (χ1) is 17.2. The monoisotopic (exact) mass is 533 g/mol. The van der Waals surface area contributed by atoms with Gasteiger partial charge in [0.2, 0.25) is 0 Å². The lowest BCUT2D eigenvalue weighted by molar-refractivity contribution is 0.588. The summed E-state index contributed by atoms with van der Waals surface area (Å²) in [6.45, 7) is 7.73. The zero-order valence-electron chi connectivity index (χ0n) is 20.4. The van der Waals surface area contributed by atoms with E-state index in [0.29, 0.717) is 27.1 Å². The Hall–Kier alpha value is -3.25. The molecular formula is C27H25ClN5OPS. The standard InChI is InChI=1S/C27H25ClN5OPS/c1-17-6-5-7-18(2)21(17)14-15-33-16-29-24-26(30-19-8-10-20(11-9-19)35(3,4)34)31-25(32-27(24)33)22-12-13-23(28)36-22/h5-16H,1-4H3,(H,30,31,32). The summed E-state index contributed by atoms with van der Waals surface area (Å²) in [5, 5.41) is 4.21. The molecule has 9 heteroatoms. The van der Waals surface area contributed by atoms with Crippen LogP contribution in [0.15, 0.2) is 60.9 Å². The molecule has 0 amide bonds. The van der Waals surface area contributed by atoms with Crippen LogP contribution in [0.5, 0.6) is 0 Å². The Morgan fingerprint density at radius 3 is 2.36 bits per heavy atom. The quantitative estimate of drug-likeness (QED) is 0.229. The molecule has 6 nitrogen and oxygen atoms in total. The van der Waals surface area contributed by atoms with E-state index in [-0.39, 0.29) is 0 Å². The average Bonchev–Trinajstić information content (AvgIpc) is 3.45. The van der Waals surface area contributed by atoms with Crippen molar-refractivity contribution in [2.24, 2.45) is 0 Å². The smallest absolute Gasteiger partial charge is 0.174 e. The number of halogens is 1. The highest BCUT2D eigenvalue weighted by Crippen LogP contribution is 2.35. The number of benzene rings is 2. The second kappa shape index (κ2) is 9.66. The highest BCUT2D eigenvalue weighted by Gasteiger charge is 2.16. The highest BCUT2D eigenvalue weighted by molar-refractivity contribution is 7.70. The van der Waals surface area contributed by atoms with E-state index in [2.05, 4.69) is 48.4 Å². The van der Waals surface area contributed by atoms with Gasteiger partial charge in [0.25, 0.3) is 0 Å². The Balaban J connectivity index is 1.59. The van der Waals surface area contributed by atoms with Crippen molar-refractivity contribution < 1.29 is 4.57 Å². The van der Waals surface area contributed by atoms with Crippen LogP contribution < -0.4 is 10.6 Å². The lowest BCUT2D eigenvalue weighted by Crippen LogP contribution is -2.04. The third-order valence-electron chi connectivity index (χ3n) is 5.91. The van der Waals surface area contributed by atoms with E-state index < -0.39 is 7.14 Å². The minimum Gasteiger partial charge on any atom is -0.338 e. The molecular weight excluding hydrogens is 509 g/mol. The van der Waals surface area contributed by atoms with Gasteiger partial charge >= 0.3 is 0 Å². The number of aromatic nitrogens is 4. The first kappa shape index (κ1) is 24.4. The summed E-state index contributed by atoms with van der Waals surface area (Å²) < 4.78 is 15.0. The van der Waals surface area contributed by atoms with Crippen LogP contribution in [0.4, 0.5) is 11.5 Å². The fraction of sp³-hybridized carbons (Fsp3) is 0.148. The highest BCUT2D eigenvalue weighted by atomic mass is 35.5. The number of anilines is 2. The SMILES string of the molecule is Cc1cccc(C)c1C=Cn1cnc2c(Nc3ccc(P(C)(C)=O)cc3)nc(-c3ccc(Cl)s3)nc21. The predicted octanol–water partition coefficient (Wildman–Crippen LogP) is 7.44. The van der Waals surface area contributed by atoms with Crippen LogP contribution in [-0.2, 0) is 4.57 Å². The first-order valence-electron chi connectivity index (χ1n) is 11.4. The zero-order chi connectivity index (χ0) is 25.4. The fourth-order valence-corrected chi connectivity index (χ4v) is 5.79. The Morgan fingerprint density at radius 2 is 1.72 bits per heavy atom. The molecule has 5 aromatic rings. The molecule has 0 aliphatic rings. The van der Waals surface area contributed by atoms with Crippen molar-refractivity contribution in [2.75, 3.05) is 18.6 Å². The minimum atomic E-state index is -2.33. The van der Waals surface area contributed by atoms with Crippen LogP contribution >= 0.6 is 30.1 Å². The average molecular weight is 534 g/mol. The van der Waals surface area contributed by atoms with Gasteiger partial charge in [-0.15, -0.1) is 11.3 Å². The molecule has 3 aromatic heterocycles. The van der Waals surface area contributed by atoms with Gasteiger partial charge in [-0.05, 0) is 86.3 Å². The molecule has 1 N–H and O–H groups in total. The molecule has 5 rings (SSSR count). The number of fused-ring (bicyclic) bond motifs is 1. The maximum absolute atomic E-state index is 12.4. The topological polar surface area (TPSA) is 72.7 Å². The molecule has 2 aromatic carbocycles. The van der Waals surface area contributed by atoms with E-state index in [1.807, 2.05) is 47.2 Å². The van der Waals surface area contributed by atoms with E-state index in [0.717, 1.165) is 15.9 Å². The van der Waals surface area contributed by atoms with E-state index in [1.54, 1.807) is 19.7 Å². The second-order valence-electron chi connectivity index (χ2n) is 8.97. The number of hydrogen-bond donors (Lipinski definition) is 1. The summed E-state index contributed by atoms with van der Waals surface area (Å²) >= 11 is 7.63. The van der Waals surface area contributed by atoms with Crippen molar-refractivity contribution in [3.63, 3.8) is 0 Å². The van der Waals surface area contributed by atoms with Gasteiger partial charge in [-0.3, -0.25) is 4.57 Å². The Labute approximate surface area is 219 Å². The fourth-order valence-electron chi connectivity index (χ4n) is 3.94. The molecule has 0 spiro atoms. The Morgan fingerprint density at radius 1 is 1.00 bits per heavy atom. The van der Waals surface area contributed by atoms with Crippen LogP contribution in [0.2, 0.25) is 4.34 Å². The molecule has 0 saturated heterocycles. The largest absolute Gasteiger partial charge is 0.338 e. The number of aryl methyl sites for hydroxylation is 2. The summed E-state index contributed by atoms with van der Waals surface area (Å²) in [4.78, 5) is 15.1. The van der Waals surface area contributed by atoms with Gasteiger partial charge in [-0.2, -0.15) is 0 Å². The molecule has 0 radical (unpaired) electrons. The van der Waals surface area contributed by atoms with Crippen molar-refractivity contribution in [1.82, 2.24) is 19.5 Å². The van der Waals surface area contributed by atoms with Crippen molar-refractivity contribution in [2.45, 2.75) is 13.8 Å². The summed E-state index contributed by atoms with van der Waals surface area (Å²) in [7, 11) is -2.33. The van der Waals surface area contributed by atoms with Crippen molar-refractivity contribution in [1.29, 1.82) is 0 Å². The van der Waals surface area contributed by atoms with Crippen LogP contribution in [0.25, 0.3) is 34.1 Å². The molecule has 0 saturated carbocycles. The molecule has 0 aliphatic carbocycles. The van der Waals surface area contributed by atoms with Crippen molar-refractivity contribution in [3.05, 3.63) is 82.0 Å². The number of thiophene rings is 1. The lowest BCUT2D eigenvalue weighted by atomic mass is 10.0. The zero-order valence-corrected chi connectivity index (χ0v) is 22.8. The van der Waals surface area contributed by atoms with E-state index in [4.69, 9.17) is 21.6 Å². The van der Waals surface area contributed by atoms with Crippen LogP contribution in [-0.4, -0.2) is 32.8 Å². The maximum atomic E-state index is 12.4. The van der Waals surface area contributed by atoms with Crippen molar-refractivity contribution >= 4 is 70.3 Å². The first-order valence-corrected chi connectivity index (χ1v) is 15.2. The van der Waals surface area contributed by atoms with Gasteiger partial charge in [0.1, 0.15) is 13.5 Å². The summed E-state index contributed by atoms with van der Waals surface area (Å²) in [5.74, 6) is 1.15. The number of nitrogens with one attached hydrogen (secondary N) is 1. The Kier molecular flexibility index (Phi) is 6.56. The van der Waals surface area contributed by atoms with Gasteiger partial charge in [0, 0.05) is 17.2 Å². The summed E-state index contributed by atoms with van der Waals surface area (Å²) in [6, 6.07) is 17.6. The molecule has 0 unspecified atom stereocenters. The van der Waals surface area contributed by atoms with Crippen molar-refractivity contribution in [3.8, 4) is 10.7 Å². The number of rotatable bonds is 6. The summed E-state index contributed by atoms with van der Waals surface area (Å²) in [6.07, 6.45) is 5.80. The van der Waals surface area contributed by atoms with Crippen LogP contribution in [0.1, 0.15) is 16.7 Å².